The molecule has 0 aliphatic carbocycles. The summed E-state index contributed by atoms with van der Waals surface area (Å²) in [5.74, 6) is -0.260. The number of hydrogen-bond acceptors (Lipinski definition) is 3. The molecule has 32 heavy (non-hydrogen) atoms. The molecule has 1 N–H and O–H groups in total. The van der Waals surface area contributed by atoms with E-state index >= 15 is 0 Å². The molecule has 0 fully saturated rings. The molecule has 0 radical (unpaired) electrons. The van der Waals surface area contributed by atoms with Gasteiger partial charge in [0.25, 0.3) is 0 Å². The largest absolute Gasteiger partial charge is 0.481 e. The van der Waals surface area contributed by atoms with Crippen LogP contribution in [0.3, 0.4) is 0 Å². The van der Waals surface area contributed by atoms with Crippen LogP contribution in [0.4, 0.5) is 0 Å². The van der Waals surface area contributed by atoms with Gasteiger partial charge in [-0.15, -0.1) is 0 Å². The van der Waals surface area contributed by atoms with E-state index in [0.717, 1.165) is 42.6 Å². The summed E-state index contributed by atoms with van der Waals surface area (Å²) in [5, 5.41) is 9.62. The number of unbranched alkanes of at least 4 members (excludes halogenated alkanes) is 9. The summed E-state index contributed by atoms with van der Waals surface area (Å²) in [6.45, 7) is 4.45. The molecule has 1 atom stereocenters. The summed E-state index contributed by atoms with van der Waals surface area (Å²) >= 11 is 0. The van der Waals surface area contributed by atoms with E-state index in [9.17, 15) is 9.90 Å². The molecule has 4 heteroatoms. The second-order valence-electron chi connectivity index (χ2n) is 9.07. The number of carbonyl (C=O) groups is 1. The summed E-state index contributed by atoms with van der Waals surface area (Å²) in [6.07, 6.45) is 19.8. The molecule has 0 spiro atoms. The van der Waals surface area contributed by atoms with E-state index in [1.165, 1.54) is 63.4 Å². The molecule has 1 unspecified atom stereocenters. The van der Waals surface area contributed by atoms with Gasteiger partial charge in [-0.3, -0.25) is 4.79 Å². The third-order valence-corrected chi connectivity index (χ3v) is 6.22. The second kappa shape index (κ2) is 15.6. The predicted octanol–water partition coefficient (Wildman–Crippen LogP) is 7.65. The van der Waals surface area contributed by atoms with E-state index in [1.807, 2.05) is 36.7 Å². The number of hydrogen-bond donors (Lipinski definition) is 1. The van der Waals surface area contributed by atoms with Gasteiger partial charge in [0.05, 0.1) is 5.92 Å². The van der Waals surface area contributed by atoms with E-state index in [0.29, 0.717) is 6.42 Å². The van der Waals surface area contributed by atoms with Crippen LogP contribution in [0, 0.1) is 5.92 Å². The Bertz CT molecular complexity index is 756. The molecule has 0 aliphatic heterocycles. The van der Waals surface area contributed by atoms with Gasteiger partial charge in [-0.05, 0) is 36.8 Å². The Labute approximate surface area is 194 Å². The Morgan fingerprint density at radius 3 is 1.94 bits per heavy atom. The molecule has 4 nitrogen and oxygen atoms in total. The standard InChI is InChI=1S/C28H42N2O2/c1-3-5-7-9-11-13-15-26(28(31)32)20-23-16-18-25(19-17-23)27-29-21-24(22-30-27)14-12-10-8-6-4-2/h16-19,21-22,26H,3-15,20H2,1-2H3,(H,31,32). The zero-order chi connectivity index (χ0) is 23.0. The van der Waals surface area contributed by atoms with Gasteiger partial charge in [0.15, 0.2) is 5.82 Å². The van der Waals surface area contributed by atoms with Crippen molar-refractivity contribution in [2.24, 2.45) is 5.92 Å². The molecule has 2 rings (SSSR count). The maximum Gasteiger partial charge on any atom is 0.306 e. The van der Waals surface area contributed by atoms with Crippen molar-refractivity contribution < 1.29 is 9.90 Å². The number of carboxylic acids is 1. The van der Waals surface area contributed by atoms with Crippen molar-refractivity contribution in [3.8, 4) is 11.4 Å². The minimum Gasteiger partial charge on any atom is -0.481 e. The lowest BCUT2D eigenvalue weighted by atomic mass is 9.93. The number of aliphatic carboxylic acids is 1. The third kappa shape index (κ3) is 9.93. The first-order valence-corrected chi connectivity index (χ1v) is 12.8. The van der Waals surface area contributed by atoms with Crippen molar-refractivity contribution in [2.75, 3.05) is 0 Å². The number of aryl methyl sites for hydroxylation is 1. The van der Waals surface area contributed by atoms with Crippen LogP contribution < -0.4 is 0 Å². The fourth-order valence-electron chi connectivity index (χ4n) is 4.12. The normalized spacial score (nSPS) is 12.1. The average molecular weight is 439 g/mol. The molecule has 2 aromatic rings. The molecule has 1 heterocycles. The highest BCUT2D eigenvalue weighted by molar-refractivity contribution is 5.70. The third-order valence-electron chi connectivity index (χ3n) is 6.22. The number of aromatic nitrogens is 2. The fraction of sp³-hybridized carbons (Fsp3) is 0.607. The minimum atomic E-state index is -0.684. The first kappa shape index (κ1) is 26.0. The van der Waals surface area contributed by atoms with E-state index < -0.39 is 5.97 Å². The zero-order valence-electron chi connectivity index (χ0n) is 20.2. The minimum absolute atomic E-state index is 0.306. The van der Waals surface area contributed by atoms with Crippen molar-refractivity contribution in [1.82, 2.24) is 9.97 Å². The van der Waals surface area contributed by atoms with Crippen LogP contribution in [0.5, 0.6) is 0 Å². The molecular formula is C28H42N2O2. The van der Waals surface area contributed by atoms with Crippen LogP contribution in [-0.2, 0) is 17.6 Å². The molecule has 176 valence electrons. The van der Waals surface area contributed by atoms with Crippen LogP contribution in [-0.4, -0.2) is 21.0 Å². The Morgan fingerprint density at radius 2 is 1.34 bits per heavy atom. The first-order chi connectivity index (χ1) is 15.6. The molecule has 0 amide bonds. The lowest BCUT2D eigenvalue weighted by molar-refractivity contribution is -0.142. The van der Waals surface area contributed by atoms with Crippen molar-refractivity contribution in [2.45, 2.75) is 104 Å². The lowest BCUT2D eigenvalue weighted by Crippen LogP contribution is -2.16. The highest BCUT2D eigenvalue weighted by Gasteiger charge is 2.17. The molecule has 0 saturated heterocycles. The van der Waals surface area contributed by atoms with E-state index in [2.05, 4.69) is 23.8 Å². The maximum absolute atomic E-state index is 11.7. The van der Waals surface area contributed by atoms with Gasteiger partial charge in [0.1, 0.15) is 0 Å². The maximum atomic E-state index is 11.7. The predicted molar refractivity (Wildman–Crippen MR) is 133 cm³/mol. The Hall–Kier alpha value is -2.23. The van der Waals surface area contributed by atoms with Crippen LogP contribution in [0.1, 0.15) is 102 Å². The topological polar surface area (TPSA) is 63.1 Å². The van der Waals surface area contributed by atoms with E-state index in [-0.39, 0.29) is 5.92 Å². The smallest absolute Gasteiger partial charge is 0.306 e. The second-order valence-corrected chi connectivity index (χ2v) is 9.07. The zero-order valence-corrected chi connectivity index (χ0v) is 20.2. The van der Waals surface area contributed by atoms with E-state index in [1.54, 1.807) is 0 Å². The summed E-state index contributed by atoms with van der Waals surface area (Å²) < 4.78 is 0. The summed E-state index contributed by atoms with van der Waals surface area (Å²) in [6, 6.07) is 8.08. The number of nitrogens with zero attached hydrogens (tertiary/aromatic N) is 2. The lowest BCUT2D eigenvalue weighted by Gasteiger charge is -2.13. The van der Waals surface area contributed by atoms with Gasteiger partial charge in [-0.25, -0.2) is 9.97 Å². The Balaban J connectivity index is 1.82. The van der Waals surface area contributed by atoms with Crippen molar-refractivity contribution >= 4 is 5.97 Å². The molecule has 1 aromatic heterocycles. The van der Waals surface area contributed by atoms with Gasteiger partial charge in [-0.1, -0.05) is 102 Å². The summed E-state index contributed by atoms with van der Waals surface area (Å²) in [7, 11) is 0. The first-order valence-electron chi connectivity index (χ1n) is 12.8. The van der Waals surface area contributed by atoms with Gasteiger partial charge in [0.2, 0.25) is 0 Å². The molecule has 0 aliphatic rings. The van der Waals surface area contributed by atoms with Crippen LogP contribution in [0.2, 0.25) is 0 Å². The Morgan fingerprint density at radius 1 is 0.781 bits per heavy atom. The van der Waals surface area contributed by atoms with Crippen LogP contribution >= 0.6 is 0 Å². The molecule has 1 aromatic carbocycles. The summed E-state index contributed by atoms with van der Waals surface area (Å²) in [5.41, 5.74) is 3.24. The van der Waals surface area contributed by atoms with E-state index in [4.69, 9.17) is 0 Å². The van der Waals surface area contributed by atoms with Gasteiger partial charge >= 0.3 is 5.97 Å². The number of rotatable bonds is 17. The van der Waals surface area contributed by atoms with Gasteiger partial charge in [0, 0.05) is 18.0 Å². The molecule has 0 saturated carbocycles. The number of carboxylic acid groups (broad SMARTS) is 1. The molecular weight excluding hydrogens is 396 g/mol. The van der Waals surface area contributed by atoms with Gasteiger partial charge < -0.3 is 5.11 Å². The SMILES string of the molecule is CCCCCCCCC(Cc1ccc(-c2ncc(CCCCCCC)cn2)cc1)C(=O)O. The Kier molecular flexibility index (Phi) is 12.6. The quantitative estimate of drug-likeness (QED) is 0.258. The monoisotopic (exact) mass is 438 g/mol. The van der Waals surface area contributed by atoms with Gasteiger partial charge in [-0.2, -0.15) is 0 Å². The van der Waals surface area contributed by atoms with Crippen LogP contribution in [0.15, 0.2) is 36.7 Å². The van der Waals surface area contributed by atoms with Crippen LogP contribution in [0.25, 0.3) is 11.4 Å². The molecule has 0 bridgehead atoms. The highest BCUT2D eigenvalue weighted by Crippen LogP contribution is 2.21. The number of benzene rings is 1. The average Bonchev–Trinajstić information content (AvgIpc) is 2.81. The van der Waals surface area contributed by atoms with Crippen molar-refractivity contribution in [1.29, 1.82) is 0 Å². The highest BCUT2D eigenvalue weighted by atomic mass is 16.4. The van der Waals surface area contributed by atoms with Crippen molar-refractivity contribution in [3.63, 3.8) is 0 Å². The fourth-order valence-corrected chi connectivity index (χ4v) is 4.12. The summed E-state index contributed by atoms with van der Waals surface area (Å²) in [4.78, 5) is 20.8. The van der Waals surface area contributed by atoms with Crippen molar-refractivity contribution in [3.05, 3.63) is 47.8 Å².